The topological polar surface area (TPSA) is 52.6 Å². The van der Waals surface area contributed by atoms with E-state index in [1.165, 1.54) is 6.42 Å². The summed E-state index contributed by atoms with van der Waals surface area (Å²) in [4.78, 5) is 13.9. The van der Waals surface area contributed by atoms with Gasteiger partial charge in [-0.2, -0.15) is 0 Å². The number of carbonyl (C=O) groups is 1. The molecule has 0 aromatic carbocycles. The number of nitrogens with zero attached hydrogens (tertiary/aromatic N) is 1. The Morgan fingerprint density at radius 1 is 1.18 bits per heavy atom. The van der Waals surface area contributed by atoms with Crippen LogP contribution in [0, 0.1) is 0 Å². The van der Waals surface area contributed by atoms with E-state index in [9.17, 15) is 9.90 Å². The van der Waals surface area contributed by atoms with E-state index in [-0.39, 0.29) is 5.91 Å². The maximum atomic E-state index is 12.0. The van der Waals surface area contributed by atoms with Gasteiger partial charge in [-0.15, -0.1) is 0 Å². The van der Waals surface area contributed by atoms with E-state index in [4.69, 9.17) is 0 Å². The van der Waals surface area contributed by atoms with Gasteiger partial charge in [0.05, 0.1) is 12.1 Å². The van der Waals surface area contributed by atoms with Gasteiger partial charge in [0.2, 0.25) is 5.91 Å². The number of rotatable bonds is 4. The van der Waals surface area contributed by atoms with E-state index >= 15 is 0 Å². The normalized spacial score (nSPS) is 18.3. The first-order valence-corrected chi connectivity index (χ1v) is 6.49. The standard InChI is InChI=1S/C13H26N2O2/c1-12(2,13(3,4)17)14-10-11(16)15-8-6-5-7-9-15/h14,17H,5-10H2,1-4H3. The molecule has 0 aromatic rings. The predicted molar refractivity (Wildman–Crippen MR) is 68.8 cm³/mol. The highest BCUT2D eigenvalue weighted by Crippen LogP contribution is 2.20. The summed E-state index contributed by atoms with van der Waals surface area (Å²) < 4.78 is 0. The van der Waals surface area contributed by atoms with E-state index in [0.29, 0.717) is 6.54 Å². The lowest BCUT2D eigenvalue weighted by Crippen LogP contribution is -2.58. The average molecular weight is 242 g/mol. The van der Waals surface area contributed by atoms with Crippen molar-refractivity contribution in [1.29, 1.82) is 0 Å². The quantitative estimate of drug-likeness (QED) is 0.777. The largest absolute Gasteiger partial charge is 0.389 e. The molecule has 0 radical (unpaired) electrons. The van der Waals surface area contributed by atoms with Gasteiger partial charge < -0.3 is 15.3 Å². The smallest absolute Gasteiger partial charge is 0.236 e. The minimum absolute atomic E-state index is 0.141. The van der Waals surface area contributed by atoms with Crippen molar-refractivity contribution in [2.24, 2.45) is 0 Å². The van der Waals surface area contributed by atoms with Crippen LogP contribution >= 0.6 is 0 Å². The third kappa shape index (κ3) is 3.96. The molecule has 1 aliphatic heterocycles. The van der Waals surface area contributed by atoms with Crippen LogP contribution in [-0.4, -0.2) is 46.7 Å². The van der Waals surface area contributed by atoms with Crippen LogP contribution in [0.3, 0.4) is 0 Å². The SMILES string of the molecule is CC(C)(O)C(C)(C)NCC(=O)N1CCCCC1. The second-order valence-corrected chi connectivity index (χ2v) is 5.98. The summed E-state index contributed by atoms with van der Waals surface area (Å²) in [6.45, 7) is 9.40. The van der Waals surface area contributed by atoms with Gasteiger partial charge in [0.1, 0.15) is 0 Å². The summed E-state index contributed by atoms with van der Waals surface area (Å²) in [6.07, 6.45) is 3.45. The Balaban J connectivity index is 2.42. The van der Waals surface area contributed by atoms with Gasteiger partial charge in [0.15, 0.2) is 0 Å². The molecule has 1 aliphatic rings. The molecule has 0 bridgehead atoms. The summed E-state index contributed by atoms with van der Waals surface area (Å²) in [6, 6.07) is 0. The van der Waals surface area contributed by atoms with E-state index < -0.39 is 11.1 Å². The molecule has 0 unspecified atom stereocenters. The Labute approximate surface area is 104 Å². The van der Waals surface area contributed by atoms with Gasteiger partial charge in [-0.1, -0.05) is 0 Å². The molecule has 0 aliphatic carbocycles. The molecule has 100 valence electrons. The Bertz CT molecular complexity index is 263. The Morgan fingerprint density at radius 3 is 2.18 bits per heavy atom. The zero-order chi connectivity index (χ0) is 13.1. The molecule has 1 amide bonds. The molecule has 0 atom stereocenters. The third-order valence-electron chi connectivity index (χ3n) is 3.92. The van der Waals surface area contributed by atoms with Crippen molar-refractivity contribution in [1.82, 2.24) is 10.2 Å². The summed E-state index contributed by atoms with van der Waals surface area (Å²) in [5.41, 5.74) is -1.33. The van der Waals surface area contributed by atoms with E-state index in [1.54, 1.807) is 13.8 Å². The van der Waals surface area contributed by atoms with Crippen LogP contribution in [0.15, 0.2) is 0 Å². The highest BCUT2D eigenvalue weighted by molar-refractivity contribution is 5.78. The molecule has 1 saturated heterocycles. The highest BCUT2D eigenvalue weighted by Gasteiger charge is 2.35. The Hall–Kier alpha value is -0.610. The lowest BCUT2D eigenvalue weighted by molar-refractivity contribution is -0.132. The third-order valence-corrected chi connectivity index (χ3v) is 3.92. The van der Waals surface area contributed by atoms with Crippen molar-refractivity contribution < 1.29 is 9.90 Å². The van der Waals surface area contributed by atoms with E-state index in [1.807, 2.05) is 18.7 Å². The lowest BCUT2D eigenvalue weighted by atomic mass is 9.86. The average Bonchev–Trinajstić information content (AvgIpc) is 2.25. The highest BCUT2D eigenvalue weighted by atomic mass is 16.3. The second-order valence-electron chi connectivity index (χ2n) is 5.98. The minimum Gasteiger partial charge on any atom is -0.389 e. The van der Waals surface area contributed by atoms with E-state index in [0.717, 1.165) is 25.9 Å². The van der Waals surface area contributed by atoms with Crippen LogP contribution in [0.5, 0.6) is 0 Å². The zero-order valence-electron chi connectivity index (χ0n) is 11.5. The van der Waals surface area contributed by atoms with Crippen LogP contribution < -0.4 is 5.32 Å². The van der Waals surface area contributed by atoms with Crippen molar-refractivity contribution in [2.45, 2.75) is 58.1 Å². The first-order valence-electron chi connectivity index (χ1n) is 6.49. The Morgan fingerprint density at radius 2 is 1.71 bits per heavy atom. The first kappa shape index (κ1) is 14.5. The molecule has 1 rings (SSSR count). The van der Waals surface area contributed by atoms with Crippen molar-refractivity contribution >= 4 is 5.91 Å². The second kappa shape index (κ2) is 5.36. The number of aliphatic hydroxyl groups is 1. The molecular formula is C13H26N2O2. The van der Waals surface area contributed by atoms with Crippen LogP contribution in [0.2, 0.25) is 0 Å². The maximum absolute atomic E-state index is 12.0. The van der Waals surface area contributed by atoms with Crippen molar-refractivity contribution in [3.8, 4) is 0 Å². The van der Waals surface area contributed by atoms with Crippen LogP contribution in [-0.2, 0) is 4.79 Å². The number of likely N-dealkylation sites (tertiary alicyclic amines) is 1. The van der Waals surface area contributed by atoms with Gasteiger partial charge in [-0.05, 0) is 47.0 Å². The predicted octanol–water partition coefficient (Wildman–Crippen LogP) is 1.14. The molecule has 2 N–H and O–H groups in total. The molecule has 0 aromatic heterocycles. The van der Waals surface area contributed by atoms with Crippen LogP contribution in [0.4, 0.5) is 0 Å². The number of piperidine rings is 1. The van der Waals surface area contributed by atoms with Gasteiger partial charge in [-0.3, -0.25) is 4.79 Å². The summed E-state index contributed by atoms with van der Waals surface area (Å²) >= 11 is 0. The summed E-state index contributed by atoms with van der Waals surface area (Å²) in [7, 11) is 0. The molecule has 0 saturated carbocycles. The van der Waals surface area contributed by atoms with Crippen molar-refractivity contribution in [3.05, 3.63) is 0 Å². The summed E-state index contributed by atoms with van der Waals surface area (Å²) in [5, 5.41) is 13.1. The molecule has 1 heterocycles. The minimum atomic E-state index is -0.852. The monoisotopic (exact) mass is 242 g/mol. The lowest BCUT2D eigenvalue weighted by Gasteiger charge is -2.38. The first-order chi connectivity index (χ1) is 7.74. The van der Waals surface area contributed by atoms with Gasteiger partial charge in [-0.25, -0.2) is 0 Å². The molecule has 17 heavy (non-hydrogen) atoms. The molecule has 0 spiro atoms. The number of amides is 1. The molecule has 4 nitrogen and oxygen atoms in total. The fraction of sp³-hybridized carbons (Fsp3) is 0.923. The van der Waals surface area contributed by atoms with Crippen LogP contribution in [0.1, 0.15) is 47.0 Å². The molecule has 4 heteroatoms. The van der Waals surface area contributed by atoms with Gasteiger partial charge in [0, 0.05) is 18.6 Å². The van der Waals surface area contributed by atoms with Crippen molar-refractivity contribution in [3.63, 3.8) is 0 Å². The fourth-order valence-corrected chi connectivity index (χ4v) is 1.77. The maximum Gasteiger partial charge on any atom is 0.236 e. The van der Waals surface area contributed by atoms with Gasteiger partial charge >= 0.3 is 0 Å². The molecule has 1 fully saturated rings. The van der Waals surface area contributed by atoms with Crippen LogP contribution in [0.25, 0.3) is 0 Å². The Kier molecular flexibility index (Phi) is 4.55. The van der Waals surface area contributed by atoms with E-state index in [2.05, 4.69) is 5.32 Å². The molecular weight excluding hydrogens is 216 g/mol. The number of hydrogen-bond acceptors (Lipinski definition) is 3. The number of nitrogens with one attached hydrogen (secondary N) is 1. The van der Waals surface area contributed by atoms with Crippen molar-refractivity contribution in [2.75, 3.05) is 19.6 Å². The number of hydrogen-bond donors (Lipinski definition) is 2. The number of carbonyl (C=O) groups excluding carboxylic acids is 1. The summed E-state index contributed by atoms with van der Waals surface area (Å²) in [5.74, 6) is 0.141. The zero-order valence-corrected chi connectivity index (χ0v) is 11.5. The fourth-order valence-electron chi connectivity index (χ4n) is 1.77. The van der Waals surface area contributed by atoms with Gasteiger partial charge in [0.25, 0.3) is 0 Å².